The number of rotatable bonds is 7. The maximum absolute atomic E-state index is 12.1. The van der Waals surface area contributed by atoms with Crippen LogP contribution in [0, 0.1) is 6.92 Å². The predicted molar refractivity (Wildman–Crippen MR) is 102 cm³/mol. The van der Waals surface area contributed by atoms with Gasteiger partial charge in [-0.1, -0.05) is 36.0 Å². The van der Waals surface area contributed by atoms with Gasteiger partial charge in [-0.05, 0) is 25.1 Å². The summed E-state index contributed by atoms with van der Waals surface area (Å²) in [5.41, 5.74) is 1.27. The lowest BCUT2D eigenvalue weighted by Gasteiger charge is -2.07. The number of furan rings is 1. The highest BCUT2D eigenvalue weighted by atomic mass is 32.2. The van der Waals surface area contributed by atoms with Gasteiger partial charge in [0.1, 0.15) is 5.76 Å². The molecule has 2 amide bonds. The van der Waals surface area contributed by atoms with E-state index in [1.54, 1.807) is 42.7 Å². The Balaban J connectivity index is 1.68. The zero-order valence-electron chi connectivity index (χ0n) is 14.7. The fraction of sp³-hybridized carbons (Fsp3) is 0.158. The van der Waals surface area contributed by atoms with Crippen molar-refractivity contribution in [3.05, 3.63) is 66.6 Å². The molecule has 3 rings (SSSR count). The van der Waals surface area contributed by atoms with Gasteiger partial charge in [0.25, 0.3) is 5.91 Å². The molecule has 0 aliphatic rings. The first kappa shape index (κ1) is 18.7. The molecule has 1 aromatic carbocycles. The maximum atomic E-state index is 12.1. The average Bonchev–Trinajstić information content (AvgIpc) is 3.27. The number of imide groups is 1. The molecule has 1 N–H and O–H groups in total. The monoisotopic (exact) mass is 382 g/mol. The van der Waals surface area contributed by atoms with Gasteiger partial charge in [-0.2, -0.15) is 0 Å². The number of amides is 2. The molecule has 8 heteroatoms. The second-order valence-corrected chi connectivity index (χ2v) is 6.57. The molecule has 27 heavy (non-hydrogen) atoms. The number of hydrogen-bond acceptors (Lipinski definition) is 6. The highest BCUT2D eigenvalue weighted by molar-refractivity contribution is 7.99. The molecule has 3 aromatic rings. The number of thioether (sulfide) groups is 1. The zero-order valence-corrected chi connectivity index (χ0v) is 15.5. The number of carbonyl (C=O) groups is 2. The van der Waals surface area contributed by atoms with Gasteiger partial charge in [-0.15, -0.1) is 16.8 Å². The number of benzene rings is 1. The number of nitrogens with zero attached hydrogens (tertiary/aromatic N) is 3. The van der Waals surface area contributed by atoms with Crippen LogP contribution < -0.4 is 5.32 Å². The summed E-state index contributed by atoms with van der Waals surface area (Å²) in [7, 11) is 0. The van der Waals surface area contributed by atoms with Gasteiger partial charge >= 0.3 is 0 Å². The Labute approximate surface area is 160 Å². The fourth-order valence-corrected chi connectivity index (χ4v) is 3.21. The van der Waals surface area contributed by atoms with E-state index in [-0.39, 0.29) is 5.75 Å². The number of aromatic nitrogens is 3. The first-order valence-electron chi connectivity index (χ1n) is 8.20. The van der Waals surface area contributed by atoms with Crippen LogP contribution in [-0.4, -0.2) is 32.3 Å². The number of hydrogen-bond donors (Lipinski definition) is 1. The van der Waals surface area contributed by atoms with Crippen molar-refractivity contribution >= 4 is 23.6 Å². The third kappa shape index (κ3) is 4.35. The molecule has 0 spiro atoms. The molecule has 0 atom stereocenters. The summed E-state index contributed by atoms with van der Waals surface area (Å²) in [5.74, 6) is 0.587. The summed E-state index contributed by atoms with van der Waals surface area (Å²) in [4.78, 5) is 24.1. The Kier molecular flexibility index (Phi) is 5.87. The van der Waals surface area contributed by atoms with E-state index in [1.165, 1.54) is 11.8 Å². The lowest BCUT2D eigenvalue weighted by molar-refractivity contribution is -0.117. The van der Waals surface area contributed by atoms with E-state index in [1.807, 2.05) is 17.6 Å². The highest BCUT2D eigenvalue weighted by Crippen LogP contribution is 2.27. The van der Waals surface area contributed by atoms with Crippen LogP contribution in [0.5, 0.6) is 0 Å². The molecule has 2 heterocycles. The van der Waals surface area contributed by atoms with Crippen molar-refractivity contribution in [1.82, 2.24) is 20.1 Å². The van der Waals surface area contributed by atoms with Crippen LogP contribution in [0.3, 0.4) is 0 Å². The van der Waals surface area contributed by atoms with Gasteiger partial charge in [0.15, 0.2) is 11.0 Å². The van der Waals surface area contributed by atoms with Crippen LogP contribution >= 0.6 is 11.8 Å². The molecular weight excluding hydrogens is 364 g/mol. The lowest BCUT2D eigenvalue weighted by atomic mass is 10.2. The van der Waals surface area contributed by atoms with E-state index >= 15 is 0 Å². The molecule has 2 aromatic heterocycles. The molecule has 0 aliphatic carbocycles. The SMILES string of the molecule is C=CCn1c(SCC(=O)NC(=O)c2ccccc2)nnc1-c1ccoc1C. The molecule has 0 bridgehead atoms. The fourth-order valence-electron chi connectivity index (χ4n) is 2.46. The Morgan fingerprint density at radius 3 is 2.70 bits per heavy atom. The Morgan fingerprint density at radius 1 is 1.26 bits per heavy atom. The van der Waals surface area contributed by atoms with Crippen molar-refractivity contribution in [1.29, 1.82) is 0 Å². The summed E-state index contributed by atoms with van der Waals surface area (Å²) >= 11 is 1.20. The van der Waals surface area contributed by atoms with E-state index in [4.69, 9.17) is 4.42 Å². The van der Waals surface area contributed by atoms with Crippen molar-refractivity contribution in [2.24, 2.45) is 0 Å². The smallest absolute Gasteiger partial charge is 0.257 e. The minimum Gasteiger partial charge on any atom is -0.469 e. The highest BCUT2D eigenvalue weighted by Gasteiger charge is 2.18. The standard InChI is InChI=1S/C19H18N4O3S/c1-3-10-23-17(15-9-11-26-13(15)2)21-22-19(23)27-12-16(24)20-18(25)14-7-5-4-6-8-14/h3-9,11H,1,10,12H2,2H3,(H,20,24,25). The van der Waals surface area contributed by atoms with Crippen LogP contribution in [0.4, 0.5) is 0 Å². The third-order valence-corrected chi connectivity index (χ3v) is 4.72. The van der Waals surface area contributed by atoms with Crippen molar-refractivity contribution < 1.29 is 14.0 Å². The minimum atomic E-state index is -0.427. The number of allylic oxidation sites excluding steroid dienone is 1. The summed E-state index contributed by atoms with van der Waals surface area (Å²) in [6.07, 6.45) is 3.32. The molecule has 0 unspecified atom stereocenters. The molecule has 0 aliphatic heterocycles. The van der Waals surface area contributed by atoms with Gasteiger partial charge in [-0.3, -0.25) is 19.5 Å². The van der Waals surface area contributed by atoms with E-state index in [9.17, 15) is 9.59 Å². The Bertz CT molecular complexity index is 963. The largest absolute Gasteiger partial charge is 0.469 e. The number of nitrogens with one attached hydrogen (secondary N) is 1. The minimum absolute atomic E-state index is 0.0399. The quantitative estimate of drug-likeness (QED) is 0.499. The van der Waals surface area contributed by atoms with Gasteiger partial charge in [0, 0.05) is 12.1 Å². The summed E-state index contributed by atoms with van der Waals surface area (Å²) < 4.78 is 7.18. The van der Waals surface area contributed by atoms with Crippen LogP contribution in [0.15, 0.2) is 64.9 Å². The van der Waals surface area contributed by atoms with Crippen LogP contribution in [0.2, 0.25) is 0 Å². The van der Waals surface area contributed by atoms with Crippen molar-refractivity contribution in [3.8, 4) is 11.4 Å². The molecule has 0 fully saturated rings. The van der Waals surface area contributed by atoms with E-state index in [0.29, 0.717) is 23.1 Å². The predicted octanol–water partition coefficient (Wildman–Crippen LogP) is 3.08. The molecular formula is C19H18N4O3S. The van der Waals surface area contributed by atoms with Crippen molar-refractivity contribution in [2.75, 3.05) is 5.75 Å². The van der Waals surface area contributed by atoms with Crippen LogP contribution in [0.25, 0.3) is 11.4 Å². The van der Waals surface area contributed by atoms with Crippen LogP contribution in [0.1, 0.15) is 16.1 Å². The molecule has 0 radical (unpaired) electrons. The van der Waals surface area contributed by atoms with Gasteiger partial charge in [0.05, 0.1) is 17.6 Å². The first-order chi connectivity index (χ1) is 13.1. The topological polar surface area (TPSA) is 90.0 Å². The van der Waals surface area contributed by atoms with E-state index in [0.717, 1.165) is 11.3 Å². The third-order valence-electron chi connectivity index (χ3n) is 3.75. The van der Waals surface area contributed by atoms with Crippen molar-refractivity contribution in [2.45, 2.75) is 18.6 Å². The lowest BCUT2D eigenvalue weighted by Crippen LogP contribution is -2.31. The van der Waals surface area contributed by atoms with E-state index in [2.05, 4.69) is 22.1 Å². The van der Waals surface area contributed by atoms with Gasteiger partial charge < -0.3 is 4.42 Å². The molecule has 7 nitrogen and oxygen atoms in total. The maximum Gasteiger partial charge on any atom is 0.257 e. The average molecular weight is 382 g/mol. The Hall–Kier alpha value is -3.13. The van der Waals surface area contributed by atoms with E-state index < -0.39 is 11.8 Å². The first-order valence-corrected chi connectivity index (χ1v) is 9.19. The van der Waals surface area contributed by atoms with Gasteiger partial charge in [0.2, 0.25) is 5.91 Å². The van der Waals surface area contributed by atoms with Gasteiger partial charge in [-0.25, -0.2) is 0 Å². The second kappa shape index (κ2) is 8.50. The number of carbonyl (C=O) groups excluding carboxylic acids is 2. The second-order valence-electron chi connectivity index (χ2n) is 5.63. The summed E-state index contributed by atoms with van der Waals surface area (Å²) in [6, 6.07) is 10.4. The normalized spacial score (nSPS) is 10.6. The summed E-state index contributed by atoms with van der Waals surface area (Å²) in [5, 5.41) is 11.3. The van der Waals surface area contributed by atoms with Crippen molar-refractivity contribution in [3.63, 3.8) is 0 Å². The zero-order chi connectivity index (χ0) is 19.2. The molecule has 0 saturated carbocycles. The molecule has 138 valence electrons. The van der Waals surface area contributed by atoms with Crippen LogP contribution in [-0.2, 0) is 11.3 Å². The number of aryl methyl sites for hydroxylation is 1. The molecule has 0 saturated heterocycles. The summed E-state index contributed by atoms with van der Waals surface area (Å²) in [6.45, 7) is 6.09. The Morgan fingerprint density at radius 2 is 2.04 bits per heavy atom.